The van der Waals surface area contributed by atoms with Crippen LogP contribution in [0.1, 0.15) is 65.1 Å². The molecule has 0 spiro atoms. The van der Waals surface area contributed by atoms with Crippen molar-refractivity contribution in [3.05, 3.63) is 11.7 Å². The van der Waals surface area contributed by atoms with Crippen molar-refractivity contribution in [1.29, 1.82) is 0 Å². The van der Waals surface area contributed by atoms with Crippen molar-refractivity contribution in [1.82, 2.24) is 10.1 Å². The van der Waals surface area contributed by atoms with Crippen molar-refractivity contribution >= 4 is 0 Å². The maximum Gasteiger partial charge on any atom is 0.226 e. The molecule has 0 saturated heterocycles. The third-order valence-corrected chi connectivity index (χ3v) is 4.25. The van der Waals surface area contributed by atoms with Crippen molar-refractivity contribution in [2.75, 3.05) is 13.7 Å². The molecule has 0 saturated carbocycles. The fourth-order valence-electron chi connectivity index (χ4n) is 2.45. The van der Waals surface area contributed by atoms with Crippen LogP contribution in [-0.2, 0) is 16.8 Å². The molecule has 0 aromatic carbocycles. The number of nitrogens with zero attached hydrogens (tertiary/aromatic N) is 2. The van der Waals surface area contributed by atoms with Crippen LogP contribution in [0.5, 0.6) is 0 Å². The molecule has 0 aliphatic rings. The zero-order valence-corrected chi connectivity index (χ0v) is 13.5. The Hall–Kier alpha value is -0.940. The molecule has 0 aliphatic heterocycles. The number of hydrogen-bond donors (Lipinski definition) is 1. The van der Waals surface area contributed by atoms with Crippen LogP contribution in [0.25, 0.3) is 0 Å². The maximum absolute atomic E-state index is 5.63. The first-order valence-electron chi connectivity index (χ1n) is 7.51. The third kappa shape index (κ3) is 4.03. The van der Waals surface area contributed by atoms with Crippen molar-refractivity contribution in [2.45, 2.75) is 65.4 Å². The van der Waals surface area contributed by atoms with E-state index in [1.165, 1.54) is 0 Å². The van der Waals surface area contributed by atoms with Gasteiger partial charge in [0.25, 0.3) is 0 Å². The lowest BCUT2D eigenvalue weighted by Gasteiger charge is -2.26. The Morgan fingerprint density at radius 2 is 1.85 bits per heavy atom. The van der Waals surface area contributed by atoms with E-state index < -0.39 is 5.60 Å². The summed E-state index contributed by atoms with van der Waals surface area (Å²) in [5, 5.41) is 4.11. The lowest BCUT2D eigenvalue weighted by atomic mass is 9.84. The molecule has 0 radical (unpaired) electrons. The van der Waals surface area contributed by atoms with Gasteiger partial charge in [-0.2, -0.15) is 4.98 Å². The highest BCUT2D eigenvalue weighted by molar-refractivity contribution is 5.01. The van der Waals surface area contributed by atoms with E-state index in [1.807, 2.05) is 0 Å². The standard InChI is InChI=1S/C15H29N3O2/c1-6-15(7-2,19-5)13-17-12(20-18-13)8-9-14(3,4)10-11-16/h6-11,16H2,1-5H3. The number of rotatable bonds is 9. The van der Waals surface area contributed by atoms with Gasteiger partial charge in [-0.3, -0.25) is 0 Å². The Balaban J connectivity index is 2.73. The van der Waals surface area contributed by atoms with Crippen LogP contribution in [0.3, 0.4) is 0 Å². The van der Waals surface area contributed by atoms with E-state index in [1.54, 1.807) is 7.11 Å². The Kier molecular flexibility index (Phi) is 6.14. The smallest absolute Gasteiger partial charge is 0.226 e. The van der Waals surface area contributed by atoms with Crippen molar-refractivity contribution in [3.63, 3.8) is 0 Å². The first kappa shape index (κ1) is 17.1. The molecule has 1 heterocycles. The molecule has 0 unspecified atom stereocenters. The van der Waals surface area contributed by atoms with Crippen LogP contribution in [0.2, 0.25) is 0 Å². The monoisotopic (exact) mass is 283 g/mol. The largest absolute Gasteiger partial charge is 0.370 e. The first-order valence-corrected chi connectivity index (χ1v) is 7.51. The van der Waals surface area contributed by atoms with Crippen LogP contribution in [0.15, 0.2) is 4.52 Å². The summed E-state index contributed by atoms with van der Waals surface area (Å²) >= 11 is 0. The van der Waals surface area contributed by atoms with Gasteiger partial charge >= 0.3 is 0 Å². The van der Waals surface area contributed by atoms with E-state index >= 15 is 0 Å². The first-order chi connectivity index (χ1) is 9.43. The number of aromatic nitrogens is 2. The average molecular weight is 283 g/mol. The number of ether oxygens (including phenoxy) is 1. The van der Waals surface area contributed by atoms with Gasteiger partial charge < -0.3 is 15.0 Å². The highest BCUT2D eigenvalue weighted by Crippen LogP contribution is 2.31. The van der Waals surface area contributed by atoms with Gasteiger partial charge in [0.15, 0.2) is 0 Å². The van der Waals surface area contributed by atoms with E-state index in [4.69, 9.17) is 15.0 Å². The molecule has 1 aromatic heterocycles. The van der Waals surface area contributed by atoms with Gasteiger partial charge in [-0.15, -0.1) is 0 Å². The Labute approximate surface area is 122 Å². The van der Waals surface area contributed by atoms with E-state index in [0.717, 1.165) is 32.1 Å². The summed E-state index contributed by atoms with van der Waals surface area (Å²) in [6, 6.07) is 0. The molecule has 1 rings (SSSR count). The molecule has 5 heteroatoms. The molecule has 116 valence electrons. The second-order valence-electron chi connectivity index (χ2n) is 6.12. The minimum absolute atomic E-state index is 0.206. The molecule has 20 heavy (non-hydrogen) atoms. The van der Waals surface area contributed by atoms with E-state index in [-0.39, 0.29) is 5.41 Å². The number of hydrogen-bond acceptors (Lipinski definition) is 5. The van der Waals surface area contributed by atoms with Crippen molar-refractivity contribution in [2.24, 2.45) is 11.1 Å². The van der Waals surface area contributed by atoms with E-state index in [2.05, 4.69) is 37.8 Å². The minimum atomic E-state index is -0.422. The van der Waals surface area contributed by atoms with Crippen LogP contribution >= 0.6 is 0 Å². The predicted molar refractivity (Wildman–Crippen MR) is 79.3 cm³/mol. The highest BCUT2D eigenvalue weighted by atomic mass is 16.5. The molecule has 0 amide bonds. The summed E-state index contributed by atoms with van der Waals surface area (Å²) in [6.45, 7) is 9.30. The highest BCUT2D eigenvalue weighted by Gasteiger charge is 2.33. The second kappa shape index (κ2) is 7.18. The van der Waals surface area contributed by atoms with Crippen LogP contribution in [-0.4, -0.2) is 23.8 Å². The topological polar surface area (TPSA) is 74.2 Å². The molecular formula is C15H29N3O2. The average Bonchev–Trinajstić information content (AvgIpc) is 2.89. The van der Waals surface area contributed by atoms with Gasteiger partial charge in [-0.1, -0.05) is 32.9 Å². The Bertz CT molecular complexity index is 389. The summed E-state index contributed by atoms with van der Waals surface area (Å²) in [5.74, 6) is 1.35. The van der Waals surface area contributed by atoms with Gasteiger partial charge in [0.2, 0.25) is 11.7 Å². The quantitative estimate of drug-likeness (QED) is 0.754. The summed E-state index contributed by atoms with van der Waals surface area (Å²) in [4.78, 5) is 4.52. The molecule has 0 bridgehead atoms. The fraction of sp³-hybridized carbons (Fsp3) is 0.867. The van der Waals surface area contributed by atoms with Gasteiger partial charge in [0.05, 0.1) is 0 Å². The fourth-order valence-corrected chi connectivity index (χ4v) is 2.45. The number of methoxy groups -OCH3 is 1. The number of aryl methyl sites for hydroxylation is 1. The summed E-state index contributed by atoms with van der Waals surface area (Å²) in [6.07, 6.45) is 4.44. The van der Waals surface area contributed by atoms with Crippen molar-refractivity contribution in [3.8, 4) is 0 Å². The summed E-state index contributed by atoms with van der Waals surface area (Å²) < 4.78 is 11.0. The van der Waals surface area contributed by atoms with Crippen LogP contribution < -0.4 is 5.73 Å². The van der Waals surface area contributed by atoms with Crippen LogP contribution in [0.4, 0.5) is 0 Å². The molecule has 2 N–H and O–H groups in total. The lowest BCUT2D eigenvalue weighted by molar-refractivity contribution is -0.0306. The maximum atomic E-state index is 5.63. The van der Waals surface area contributed by atoms with E-state index in [0.29, 0.717) is 18.3 Å². The zero-order valence-electron chi connectivity index (χ0n) is 13.5. The summed E-state index contributed by atoms with van der Waals surface area (Å²) in [7, 11) is 1.70. The molecule has 5 nitrogen and oxygen atoms in total. The third-order valence-electron chi connectivity index (χ3n) is 4.25. The van der Waals surface area contributed by atoms with Crippen molar-refractivity contribution < 1.29 is 9.26 Å². The predicted octanol–water partition coefficient (Wildman–Crippen LogP) is 3.04. The van der Waals surface area contributed by atoms with Gasteiger partial charge in [0, 0.05) is 13.5 Å². The van der Waals surface area contributed by atoms with Gasteiger partial charge in [0.1, 0.15) is 5.60 Å². The number of nitrogens with two attached hydrogens (primary N) is 1. The van der Waals surface area contributed by atoms with Crippen LogP contribution in [0, 0.1) is 5.41 Å². The Morgan fingerprint density at radius 1 is 1.20 bits per heavy atom. The molecule has 0 aliphatic carbocycles. The molecule has 0 atom stereocenters. The van der Waals surface area contributed by atoms with E-state index in [9.17, 15) is 0 Å². The second-order valence-corrected chi connectivity index (χ2v) is 6.12. The minimum Gasteiger partial charge on any atom is -0.370 e. The molecule has 1 aromatic rings. The van der Waals surface area contributed by atoms with Gasteiger partial charge in [-0.25, -0.2) is 0 Å². The Morgan fingerprint density at radius 3 is 2.35 bits per heavy atom. The zero-order chi connectivity index (χ0) is 15.2. The molecular weight excluding hydrogens is 254 g/mol. The van der Waals surface area contributed by atoms with Gasteiger partial charge in [-0.05, 0) is 37.6 Å². The summed E-state index contributed by atoms with van der Waals surface area (Å²) in [5.41, 5.74) is 5.41. The lowest BCUT2D eigenvalue weighted by Crippen LogP contribution is -2.28. The molecule has 0 fully saturated rings. The normalized spacial score (nSPS) is 12.9. The SMILES string of the molecule is CCC(CC)(OC)c1noc(CCC(C)(C)CCN)n1.